The summed E-state index contributed by atoms with van der Waals surface area (Å²) in [5.41, 5.74) is 8.85. The molecule has 280 valence electrons. The van der Waals surface area contributed by atoms with E-state index >= 15 is 0 Å². The maximum atomic E-state index is 12.4. The molecule has 10 nitrogen and oxygen atoms in total. The topological polar surface area (TPSA) is 116 Å². The first kappa shape index (κ1) is 38.2. The molecule has 2 aromatic carbocycles. The number of benzene rings is 2. The normalized spacial score (nSPS) is 20.3. The Morgan fingerprint density at radius 3 is 1.56 bits per heavy atom. The Morgan fingerprint density at radius 1 is 0.685 bits per heavy atom. The van der Waals surface area contributed by atoms with Crippen molar-refractivity contribution < 1.29 is 18.0 Å². The molecule has 1 N–H and O–H groups in total. The molecule has 2 aromatic heterocycles. The van der Waals surface area contributed by atoms with Crippen LogP contribution in [0, 0.1) is 0 Å². The van der Waals surface area contributed by atoms with Gasteiger partial charge in [0.25, 0.3) is 0 Å². The standard InChI is InChI=1S/C21H22ClN3O3S.C20H20ClN3O/c1-14(26)19-13-15-12-16(22)5-6-17(15)21(20-18(19)4-3-7-23-20)24-8-10-25(11-9-24)29(2,27)28;1-13(25)18-12-14-11-15(21)4-5-16(14)20(24-9-7-22-8-10-24)19-17(18)3-2-6-23-19/h3-7,12-13,21H,8-11H2,1-2H3;2-6,11-12,20,22H,7-10H2,1H3. The van der Waals surface area contributed by atoms with E-state index in [0.29, 0.717) is 47.4 Å². The van der Waals surface area contributed by atoms with E-state index in [0.717, 1.165) is 70.9 Å². The molecule has 0 spiro atoms. The van der Waals surface area contributed by atoms with Crippen LogP contribution in [0.15, 0.2) is 73.1 Å². The first-order chi connectivity index (χ1) is 25.9. The Bertz CT molecular complexity index is 2280. The minimum absolute atomic E-state index is 0.0265. The number of halogens is 2. The molecule has 2 aliphatic heterocycles. The van der Waals surface area contributed by atoms with Crippen LogP contribution in [-0.4, -0.2) is 103 Å². The molecular formula is C41H42Cl2N6O4S. The number of nitrogens with one attached hydrogen (secondary N) is 1. The van der Waals surface area contributed by atoms with Gasteiger partial charge >= 0.3 is 0 Å². The lowest BCUT2D eigenvalue weighted by molar-refractivity contribution is -0.112. The molecule has 2 atom stereocenters. The van der Waals surface area contributed by atoms with Crippen LogP contribution in [0.2, 0.25) is 10.0 Å². The highest BCUT2D eigenvalue weighted by molar-refractivity contribution is 7.88. The Hall–Kier alpha value is -4.07. The van der Waals surface area contributed by atoms with Crippen LogP contribution in [0.4, 0.5) is 0 Å². The van der Waals surface area contributed by atoms with Crippen molar-refractivity contribution in [1.29, 1.82) is 0 Å². The average Bonchev–Trinajstić information content (AvgIpc) is 3.39. The quantitative estimate of drug-likeness (QED) is 0.260. The highest BCUT2D eigenvalue weighted by Crippen LogP contribution is 2.42. The van der Waals surface area contributed by atoms with E-state index in [4.69, 9.17) is 28.2 Å². The smallest absolute Gasteiger partial charge is 0.211 e. The summed E-state index contributed by atoms with van der Waals surface area (Å²) in [5, 5.41) is 4.68. The number of Topliss-reactive ketones (excluding diaryl/α,β-unsaturated/α-hetero) is 2. The van der Waals surface area contributed by atoms with Gasteiger partial charge in [-0.2, -0.15) is 4.31 Å². The predicted octanol–water partition coefficient (Wildman–Crippen LogP) is 6.02. The minimum Gasteiger partial charge on any atom is -0.314 e. The lowest BCUT2D eigenvalue weighted by Gasteiger charge is -2.38. The second-order valence-corrected chi connectivity index (χ2v) is 16.8. The van der Waals surface area contributed by atoms with Gasteiger partial charge in [-0.15, -0.1) is 0 Å². The zero-order valence-electron chi connectivity index (χ0n) is 30.4. The van der Waals surface area contributed by atoms with Crippen molar-refractivity contribution >= 4 is 68.1 Å². The number of hydrogen-bond donors (Lipinski definition) is 1. The molecular weight excluding hydrogens is 743 g/mol. The van der Waals surface area contributed by atoms with Gasteiger partial charge in [-0.05, 0) is 84.7 Å². The van der Waals surface area contributed by atoms with Gasteiger partial charge in [0.15, 0.2) is 11.6 Å². The molecule has 2 fully saturated rings. The highest BCUT2D eigenvalue weighted by atomic mass is 35.5. The van der Waals surface area contributed by atoms with Crippen LogP contribution < -0.4 is 5.32 Å². The Labute approximate surface area is 326 Å². The van der Waals surface area contributed by atoms with Gasteiger partial charge < -0.3 is 5.32 Å². The number of nitrogens with zero attached hydrogens (tertiary/aromatic N) is 5. The lowest BCUT2D eigenvalue weighted by Crippen LogP contribution is -2.49. The van der Waals surface area contributed by atoms with E-state index in [1.165, 1.54) is 10.6 Å². The van der Waals surface area contributed by atoms with Crippen molar-refractivity contribution in [1.82, 2.24) is 29.4 Å². The highest BCUT2D eigenvalue weighted by Gasteiger charge is 2.35. The molecule has 13 heteroatoms. The second-order valence-electron chi connectivity index (χ2n) is 13.9. The summed E-state index contributed by atoms with van der Waals surface area (Å²) in [5.74, 6) is 0.00820. The number of sulfonamides is 1. The fraction of sp³-hybridized carbons (Fsp3) is 0.317. The van der Waals surface area contributed by atoms with Crippen molar-refractivity contribution in [3.8, 4) is 0 Å². The van der Waals surface area contributed by atoms with Gasteiger partial charge in [0.1, 0.15) is 0 Å². The zero-order valence-corrected chi connectivity index (χ0v) is 32.8. The number of rotatable bonds is 5. The van der Waals surface area contributed by atoms with E-state index in [1.54, 1.807) is 20.0 Å². The summed E-state index contributed by atoms with van der Waals surface area (Å²) in [4.78, 5) is 38.8. The number of carbonyl (C=O) groups excluding carboxylic acids is 2. The number of aromatic nitrogens is 2. The molecule has 2 unspecified atom stereocenters. The van der Waals surface area contributed by atoms with E-state index in [9.17, 15) is 18.0 Å². The van der Waals surface area contributed by atoms with Gasteiger partial charge in [0, 0.05) is 97.1 Å². The number of hydrogen-bond acceptors (Lipinski definition) is 9. The Kier molecular flexibility index (Phi) is 11.3. The molecule has 4 aromatic rings. The summed E-state index contributed by atoms with van der Waals surface area (Å²) in [6, 6.07) is 19.1. The summed E-state index contributed by atoms with van der Waals surface area (Å²) in [6.45, 7) is 8.95. The molecule has 8 rings (SSSR count). The van der Waals surface area contributed by atoms with E-state index in [2.05, 4.69) is 26.2 Å². The Balaban J connectivity index is 0.000000168. The first-order valence-electron chi connectivity index (χ1n) is 18.0. The average molecular weight is 786 g/mol. The molecule has 0 saturated carbocycles. The number of ketones is 2. The third kappa shape index (κ3) is 7.85. The first-order valence-corrected chi connectivity index (χ1v) is 20.6. The number of fused-ring (bicyclic) bond motifs is 4. The molecule has 54 heavy (non-hydrogen) atoms. The number of carbonyl (C=O) groups is 2. The maximum absolute atomic E-state index is 12.4. The number of pyridine rings is 2. The van der Waals surface area contributed by atoms with E-state index in [-0.39, 0.29) is 23.7 Å². The van der Waals surface area contributed by atoms with Gasteiger partial charge in [-0.3, -0.25) is 29.4 Å². The number of piperazine rings is 2. The second kappa shape index (κ2) is 16.0. The van der Waals surface area contributed by atoms with Crippen LogP contribution in [-0.2, 0) is 19.6 Å². The maximum Gasteiger partial charge on any atom is 0.211 e. The van der Waals surface area contributed by atoms with E-state index < -0.39 is 10.0 Å². The predicted molar refractivity (Wildman–Crippen MR) is 215 cm³/mol. The molecule has 0 bridgehead atoms. The van der Waals surface area contributed by atoms with E-state index in [1.807, 2.05) is 72.9 Å². The van der Waals surface area contributed by atoms with Crippen molar-refractivity contribution in [2.24, 2.45) is 0 Å². The fourth-order valence-corrected chi connectivity index (χ4v) is 9.07. The SMILES string of the molecule is CC(=O)C1=Cc2cc(Cl)ccc2C(N2CCN(S(C)(=O)=O)CC2)c2ncccc21.CC(=O)C1=Cc2cc(Cl)ccc2C(N2CCNCC2)c2ncccc21. The van der Waals surface area contributed by atoms with Crippen LogP contribution >= 0.6 is 23.2 Å². The molecule has 2 aliphatic carbocycles. The van der Waals surface area contributed by atoms with Crippen molar-refractivity contribution in [3.63, 3.8) is 0 Å². The van der Waals surface area contributed by atoms with Crippen LogP contribution in [0.1, 0.15) is 70.7 Å². The summed E-state index contributed by atoms with van der Waals surface area (Å²) >= 11 is 12.5. The third-order valence-corrected chi connectivity index (χ3v) is 12.2. The van der Waals surface area contributed by atoms with Gasteiger partial charge in [0.2, 0.25) is 10.0 Å². The largest absolute Gasteiger partial charge is 0.314 e. The fourth-order valence-electron chi connectivity index (χ4n) is 7.88. The molecule has 4 aliphatic rings. The molecule has 0 radical (unpaired) electrons. The van der Waals surface area contributed by atoms with Gasteiger partial charge in [-0.1, -0.05) is 47.5 Å². The summed E-state index contributed by atoms with van der Waals surface area (Å²) in [7, 11) is -3.22. The van der Waals surface area contributed by atoms with Crippen molar-refractivity contribution in [2.45, 2.75) is 25.9 Å². The third-order valence-electron chi connectivity index (χ3n) is 10.4. The monoisotopic (exact) mass is 784 g/mol. The minimum atomic E-state index is -3.22. The molecule has 2 saturated heterocycles. The van der Waals surface area contributed by atoms with Gasteiger partial charge in [-0.25, -0.2) is 8.42 Å². The number of allylic oxidation sites excluding steroid dienone is 2. The van der Waals surface area contributed by atoms with Crippen LogP contribution in [0.25, 0.3) is 23.3 Å². The molecule has 4 heterocycles. The lowest BCUT2D eigenvalue weighted by atomic mass is 9.95. The van der Waals surface area contributed by atoms with Crippen LogP contribution in [0.3, 0.4) is 0 Å². The van der Waals surface area contributed by atoms with Crippen molar-refractivity contribution in [2.75, 3.05) is 58.6 Å². The van der Waals surface area contributed by atoms with Crippen LogP contribution in [0.5, 0.6) is 0 Å². The van der Waals surface area contributed by atoms with Crippen molar-refractivity contribution in [3.05, 3.63) is 128 Å². The Morgan fingerprint density at radius 2 is 1.13 bits per heavy atom. The zero-order chi connectivity index (χ0) is 38.1. The van der Waals surface area contributed by atoms with Gasteiger partial charge in [0.05, 0.1) is 29.7 Å². The molecule has 0 amide bonds. The summed E-state index contributed by atoms with van der Waals surface area (Å²) in [6.07, 6.45) is 8.64. The summed E-state index contributed by atoms with van der Waals surface area (Å²) < 4.78 is 25.3.